The Labute approximate surface area is 186 Å². The van der Waals surface area contributed by atoms with Crippen molar-refractivity contribution in [3.05, 3.63) is 46.1 Å². The number of nitrogens with one attached hydrogen (secondary N) is 1. The van der Waals surface area contributed by atoms with Gasteiger partial charge in [-0.3, -0.25) is 4.79 Å². The van der Waals surface area contributed by atoms with Gasteiger partial charge in [-0.1, -0.05) is 30.3 Å². The van der Waals surface area contributed by atoms with Gasteiger partial charge in [0.05, 0.1) is 23.9 Å². The average molecular weight is 519 g/mol. The van der Waals surface area contributed by atoms with E-state index in [2.05, 4.69) is 55.0 Å². The smallest absolute Gasteiger partial charge is 0.194 e. The Kier molecular flexibility index (Phi) is 4.79. The number of hydrogen-bond donors (Lipinski definition) is 3. The average Bonchev–Trinajstić information content (AvgIpc) is 3.27. The number of aliphatic hydroxyl groups is 2. The lowest BCUT2D eigenvalue weighted by Gasteiger charge is -2.23. The van der Waals surface area contributed by atoms with Crippen LogP contribution in [0.1, 0.15) is 24.9 Å². The second kappa shape index (κ2) is 7.24. The molecule has 0 aliphatic heterocycles. The largest absolute Gasteiger partial charge is 0.389 e. The molecule has 3 aromatic rings. The maximum absolute atomic E-state index is 12.2. The third-order valence-corrected chi connectivity index (χ3v) is 7.07. The number of ketones is 1. The molecule has 0 amide bonds. The van der Waals surface area contributed by atoms with E-state index < -0.39 is 23.7 Å². The molecule has 0 spiro atoms. The summed E-state index contributed by atoms with van der Waals surface area (Å²) < 4.78 is 2.36. The molecule has 3 N–H and O–H groups in total. The highest BCUT2D eigenvalue weighted by molar-refractivity contribution is 14.1. The number of rotatable bonds is 6. The van der Waals surface area contributed by atoms with E-state index in [1.165, 1.54) is 12.5 Å². The quantitative estimate of drug-likeness (QED) is 0.337. The predicted octanol–water partition coefficient (Wildman–Crippen LogP) is 1.96. The van der Waals surface area contributed by atoms with Crippen LogP contribution >= 0.6 is 22.6 Å². The molecule has 1 aromatic carbocycles. The van der Waals surface area contributed by atoms with Crippen LogP contribution < -0.4 is 5.32 Å². The lowest BCUT2D eigenvalue weighted by atomic mass is 9.95. The van der Waals surface area contributed by atoms with Crippen molar-refractivity contribution in [2.24, 2.45) is 11.3 Å². The molecule has 5 atom stereocenters. The molecule has 2 aliphatic carbocycles. The Morgan fingerprint density at radius 1 is 1.30 bits per heavy atom. The number of aliphatic hydroxyl groups excluding tert-OH is 2. The van der Waals surface area contributed by atoms with Crippen LogP contribution in [0.3, 0.4) is 0 Å². The Bertz CT molecular complexity index is 1120. The summed E-state index contributed by atoms with van der Waals surface area (Å²) >= 11 is 2.06. The van der Waals surface area contributed by atoms with Gasteiger partial charge in [0.1, 0.15) is 11.9 Å². The highest BCUT2D eigenvalue weighted by Crippen LogP contribution is 2.68. The van der Waals surface area contributed by atoms with E-state index in [0.29, 0.717) is 33.8 Å². The molecule has 2 fully saturated rings. The van der Waals surface area contributed by atoms with E-state index in [1.54, 1.807) is 10.9 Å². The first kappa shape index (κ1) is 19.8. The predicted molar refractivity (Wildman–Crippen MR) is 119 cm³/mol. The summed E-state index contributed by atoms with van der Waals surface area (Å²) in [4.78, 5) is 25.7. The minimum absolute atomic E-state index is 0.0709. The van der Waals surface area contributed by atoms with Crippen LogP contribution in [-0.4, -0.2) is 54.3 Å². The van der Waals surface area contributed by atoms with E-state index in [1.807, 2.05) is 18.2 Å². The number of hydrogen-bond acceptors (Lipinski definition) is 7. The molecule has 0 radical (unpaired) electrons. The molecule has 2 saturated carbocycles. The molecule has 2 unspecified atom stereocenters. The third-order valence-electron chi connectivity index (χ3n) is 6.59. The molecule has 0 saturated heterocycles. The van der Waals surface area contributed by atoms with Crippen molar-refractivity contribution in [1.29, 1.82) is 0 Å². The lowest BCUT2D eigenvalue weighted by Crippen LogP contribution is -2.36. The van der Waals surface area contributed by atoms with Gasteiger partial charge in [0.25, 0.3) is 0 Å². The summed E-state index contributed by atoms with van der Waals surface area (Å²) in [6, 6.07) is 9.76. The van der Waals surface area contributed by atoms with Gasteiger partial charge >= 0.3 is 0 Å². The number of benzene rings is 1. The highest BCUT2D eigenvalue weighted by atomic mass is 127. The van der Waals surface area contributed by atoms with E-state index in [4.69, 9.17) is 0 Å². The number of Topliss-reactive ketones (excluding diaryl/α,β-unsaturated/α-hetero) is 1. The van der Waals surface area contributed by atoms with E-state index in [9.17, 15) is 15.0 Å². The van der Waals surface area contributed by atoms with Crippen molar-refractivity contribution in [2.75, 3.05) is 11.9 Å². The molecule has 2 aromatic heterocycles. The number of halogens is 1. The van der Waals surface area contributed by atoms with E-state index >= 15 is 0 Å². The number of aromatic nitrogens is 4. The van der Waals surface area contributed by atoms with E-state index in [-0.39, 0.29) is 11.7 Å². The molecule has 5 rings (SSSR count). The lowest BCUT2D eigenvalue weighted by molar-refractivity contribution is -0.128. The second-order valence-corrected chi connectivity index (χ2v) is 9.13. The molecule has 8 nitrogen and oxygen atoms in total. The van der Waals surface area contributed by atoms with Crippen LogP contribution in [0.2, 0.25) is 0 Å². The standard InChI is InChI=1S/C21H22IN5O3/c1-11(28)21-9-13(21)15(16(29)17(21)30)27-10-24-14-18(25-20(22)26-19(14)27)23-8-7-12-5-3-2-4-6-12/h2-6,10,13,15-17,29-30H,7-9H2,1H3,(H,23,25,26)/t13?,15-,16+,17?,21+/m1/s1. The molecule has 30 heavy (non-hydrogen) atoms. The summed E-state index contributed by atoms with van der Waals surface area (Å²) in [6.07, 6.45) is 0.960. The topological polar surface area (TPSA) is 113 Å². The maximum atomic E-state index is 12.2. The molecule has 2 heterocycles. The Balaban J connectivity index is 1.44. The van der Waals surface area contributed by atoms with Crippen molar-refractivity contribution >= 4 is 45.4 Å². The second-order valence-electron chi connectivity index (χ2n) is 8.16. The van der Waals surface area contributed by atoms with Crippen molar-refractivity contribution < 1.29 is 15.0 Å². The van der Waals surface area contributed by atoms with Gasteiger partial charge in [0.15, 0.2) is 20.8 Å². The van der Waals surface area contributed by atoms with Gasteiger partial charge in [0, 0.05) is 29.1 Å². The van der Waals surface area contributed by atoms with E-state index in [0.717, 1.165) is 6.42 Å². The Hall–Kier alpha value is -2.11. The van der Waals surface area contributed by atoms with Crippen molar-refractivity contribution in [2.45, 2.75) is 38.0 Å². The fraction of sp³-hybridized carbons (Fsp3) is 0.429. The number of carbonyl (C=O) groups excluding carboxylic acids is 1. The van der Waals surface area contributed by atoms with Crippen LogP contribution in [0.5, 0.6) is 0 Å². The first-order valence-electron chi connectivity index (χ1n) is 9.98. The minimum Gasteiger partial charge on any atom is -0.389 e. The summed E-state index contributed by atoms with van der Waals surface area (Å²) in [5, 5.41) is 24.6. The number of nitrogens with zero attached hydrogens (tertiary/aromatic N) is 4. The molecule has 2 aliphatic rings. The maximum Gasteiger partial charge on any atom is 0.194 e. The number of anilines is 1. The summed E-state index contributed by atoms with van der Waals surface area (Å²) in [5.41, 5.74) is 1.61. The van der Waals surface area contributed by atoms with Gasteiger partial charge in [0.2, 0.25) is 0 Å². The molecular formula is C21H22IN5O3. The van der Waals surface area contributed by atoms with Gasteiger partial charge in [-0.2, -0.15) is 0 Å². The first-order chi connectivity index (χ1) is 14.4. The normalized spacial score (nSPS) is 29.7. The van der Waals surface area contributed by atoms with Crippen LogP contribution in [-0.2, 0) is 11.2 Å². The minimum atomic E-state index is -1.06. The van der Waals surface area contributed by atoms with Crippen molar-refractivity contribution in [1.82, 2.24) is 19.5 Å². The third kappa shape index (κ3) is 2.94. The monoisotopic (exact) mass is 519 g/mol. The SMILES string of the molecule is CC(=O)[C@@]12CC1[C@@H](n1cnc3c(NCCc4ccccc4)nc(I)nc31)[C@H](O)C2O. The highest BCUT2D eigenvalue weighted by Gasteiger charge is 2.74. The Morgan fingerprint density at radius 2 is 2.07 bits per heavy atom. The molecule has 9 heteroatoms. The number of imidazole rings is 1. The number of fused-ring (bicyclic) bond motifs is 2. The van der Waals surface area contributed by atoms with Crippen molar-refractivity contribution in [3.8, 4) is 0 Å². The van der Waals surface area contributed by atoms with Gasteiger partial charge in [-0.15, -0.1) is 0 Å². The molecule has 0 bridgehead atoms. The zero-order valence-electron chi connectivity index (χ0n) is 16.4. The van der Waals surface area contributed by atoms with Gasteiger partial charge < -0.3 is 20.1 Å². The molecular weight excluding hydrogens is 497 g/mol. The Morgan fingerprint density at radius 3 is 2.77 bits per heavy atom. The zero-order chi connectivity index (χ0) is 21.0. The number of carbonyl (C=O) groups is 1. The summed E-state index contributed by atoms with van der Waals surface area (Å²) in [5.74, 6) is 0.457. The zero-order valence-corrected chi connectivity index (χ0v) is 18.5. The van der Waals surface area contributed by atoms with Gasteiger partial charge in [-0.25, -0.2) is 15.0 Å². The summed E-state index contributed by atoms with van der Waals surface area (Å²) in [6.45, 7) is 2.18. The fourth-order valence-electron chi connectivity index (χ4n) is 4.97. The van der Waals surface area contributed by atoms with Crippen LogP contribution in [0.4, 0.5) is 5.82 Å². The van der Waals surface area contributed by atoms with Gasteiger partial charge in [-0.05, 0) is 31.2 Å². The van der Waals surface area contributed by atoms with Crippen LogP contribution in [0.25, 0.3) is 11.2 Å². The van der Waals surface area contributed by atoms with Crippen LogP contribution in [0.15, 0.2) is 36.7 Å². The molecule has 156 valence electrons. The van der Waals surface area contributed by atoms with Crippen LogP contribution in [0, 0.1) is 15.2 Å². The fourth-order valence-corrected chi connectivity index (χ4v) is 5.44. The summed E-state index contributed by atoms with van der Waals surface area (Å²) in [7, 11) is 0. The van der Waals surface area contributed by atoms with Crippen molar-refractivity contribution in [3.63, 3.8) is 0 Å². The first-order valence-corrected chi connectivity index (χ1v) is 11.1.